The van der Waals surface area contributed by atoms with Crippen LogP contribution in [-0.2, 0) is 11.2 Å². The summed E-state index contributed by atoms with van der Waals surface area (Å²) in [7, 11) is 0. The van der Waals surface area contributed by atoms with E-state index in [9.17, 15) is 14.9 Å². The summed E-state index contributed by atoms with van der Waals surface area (Å²) in [4.78, 5) is 24.5. The third kappa shape index (κ3) is 3.05. The number of rotatable bonds is 5. The van der Waals surface area contributed by atoms with Crippen LogP contribution in [0.15, 0.2) is 36.4 Å². The Morgan fingerprint density at radius 3 is 2.72 bits per heavy atom. The van der Waals surface area contributed by atoms with E-state index in [0.29, 0.717) is 23.8 Å². The summed E-state index contributed by atoms with van der Waals surface area (Å²) in [5.74, 6) is 1.56. The Hall–Kier alpha value is -2.60. The highest BCUT2D eigenvalue weighted by Gasteiger charge is 2.34. The lowest BCUT2D eigenvalue weighted by Gasteiger charge is -2.17. The molecule has 0 spiro atoms. The summed E-state index contributed by atoms with van der Waals surface area (Å²) in [6.45, 7) is 0.758. The van der Waals surface area contributed by atoms with Crippen LogP contribution in [0.4, 0.5) is 11.4 Å². The average Bonchev–Trinajstić information content (AvgIpc) is 3.34. The molecule has 4 rings (SSSR count). The minimum absolute atomic E-state index is 0.0766. The molecule has 1 saturated carbocycles. The number of benzene rings is 2. The van der Waals surface area contributed by atoms with Gasteiger partial charge in [0.05, 0.1) is 22.1 Å². The second-order valence-corrected chi connectivity index (χ2v) is 6.76. The van der Waals surface area contributed by atoms with Crippen LogP contribution in [0.3, 0.4) is 0 Å². The summed E-state index contributed by atoms with van der Waals surface area (Å²) in [6, 6.07) is 9.61. The van der Waals surface area contributed by atoms with E-state index in [1.807, 2.05) is 17.0 Å². The first-order valence-electron chi connectivity index (χ1n) is 8.07. The Labute approximate surface area is 149 Å². The van der Waals surface area contributed by atoms with E-state index in [1.165, 1.54) is 31.0 Å². The first-order chi connectivity index (χ1) is 12.0. The predicted octanol–water partition coefficient (Wildman–Crippen LogP) is 4.34. The number of non-ortho nitro benzene ring substituents is 1. The lowest BCUT2D eigenvalue weighted by molar-refractivity contribution is -0.384. The van der Waals surface area contributed by atoms with E-state index in [1.54, 1.807) is 6.07 Å². The van der Waals surface area contributed by atoms with Crippen LogP contribution in [0.5, 0.6) is 11.5 Å². The fraction of sp³-hybridized carbons (Fsp3) is 0.278. The molecule has 25 heavy (non-hydrogen) atoms. The predicted molar refractivity (Wildman–Crippen MR) is 93.4 cm³/mol. The second kappa shape index (κ2) is 6.04. The number of amides is 1. The second-order valence-electron chi connectivity index (χ2n) is 6.35. The number of hydrogen-bond donors (Lipinski definition) is 0. The van der Waals surface area contributed by atoms with Crippen LogP contribution < -0.4 is 9.64 Å². The number of anilines is 1. The van der Waals surface area contributed by atoms with Gasteiger partial charge in [0.15, 0.2) is 0 Å². The van der Waals surface area contributed by atoms with Crippen LogP contribution in [0, 0.1) is 16.0 Å². The van der Waals surface area contributed by atoms with Gasteiger partial charge < -0.3 is 9.64 Å². The molecule has 0 unspecified atom stereocenters. The van der Waals surface area contributed by atoms with E-state index in [4.69, 9.17) is 16.3 Å². The minimum atomic E-state index is -0.510. The zero-order chi connectivity index (χ0) is 17.6. The molecule has 6 nitrogen and oxygen atoms in total. The Bertz CT molecular complexity index is 879. The van der Waals surface area contributed by atoms with Gasteiger partial charge in [-0.05, 0) is 37.0 Å². The van der Waals surface area contributed by atoms with Crippen molar-refractivity contribution in [3.8, 4) is 11.5 Å². The number of halogens is 1. The zero-order valence-corrected chi connectivity index (χ0v) is 14.0. The average molecular weight is 359 g/mol. The van der Waals surface area contributed by atoms with E-state index in [0.717, 1.165) is 17.8 Å². The van der Waals surface area contributed by atoms with Gasteiger partial charge in [0.25, 0.3) is 5.69 Å². The maximum absolute atomic E-state index is 12.4. The van der Waals surface area contributed by atoms with Gasteiger partial charge in [0, 0.05) is 24.2 Å². The van der Waals surface area contributed by atoms with Crippen LogP contribution in [0.2, 0.25) is 5.02 Å². The highest BCUT2D eigenvalue weighted by Crippen LogP contribution is 2.41. The lowest BCUT2D eigenvalue weighted by Crippen LogP contribution is -2.28. The number of hydrogen-bond acceptors (Lipinski definition) is 4. The van der Waals surface area contributed by atoms with Gasteiger partial charge in [-0.25, -0.2) is 0 Å². The van der Waals surface area contributed by atoms with Gasteiger partial charge in [-0.15, -0.1) is 0 Å². The van der Waals surface area contributed by atoms with Crippen LogP contribution >= 0.6 is 11.6 Å². The molecule has 2 aliphatic rings. The Balaban J connectivity index is 1.63. The van der Waals surface area contributed by atoms with E-state index >= 15 is 0 Å². The lowest BCUT2D eigenvalue weighted by atomic mass is 10.1. The van der Waals surface area contributed by atoms with E-state index < -0.39 is 4.92 Å². The van der Waals surface area contributed by atoms with Gasteiger partial charge in [-0.3, -0.25) is 14.9 Å². The summed E-state index contributed by atoms with van der Waals surface area (Å²) in [5, 5.41) is 11.0. The normalized spacial score (nSPS) is 16.0. The summed E-state index contributed by atoms with van der Waals surface area (Å²) in [5.41, 5.74) is 1.62. The molecule has 0 N–H and O–H groups in total. The SMILES string of the molecule is O=C1Cc2c(Oc3ccc([N+](=O)[O-])cc3Cl)cccc2N1CC1CC1. The fourth-order valence-electron chi connectivity index (χ4n) is 3.02. The van der Waals surface area contributed by atoms with Gasteiger partial charge in [0.2, 0.25) is 5.91 Å². The van der Waals surface area contributed by atoms with Crippen molar-refractivity contribution in [2.45, 2.75) is 19.3 Å². The minimum Gasteiger partial charge on any atom is -0.455 e. The van der Waals surface area contributed by atoms with Crippen molar-refractivity contribution in [2.24, 2.45) is 5.92 Å². The smallest absolute Gasteiger partial charge is 0.271 e. The van der Waals surface area contributed by atoms with E-state index in [-0.39, 0.29) is 16.6 Å². The number of carbonyl (C=O) groups is 1. The molecular weight excluding hydrogens is 344 g/mol. The van der Waals surface area contributed by atoms with Crippen molar-refractivity contribution in [1.82, 2.24) is 0 Å². The van der Waals surface area contributed by atoms with Gasteiger partial charge in [0.1, 0.15) is 11.5 Å². The summed E-state index contributed by atoms with van der Waals surface area (Å²) < 4.78 is 5.87. The van der Waals surface area contributed by atoms with Crippen LogP contribution in [0.1, 0.15) is 18.4 Å². The Morgan fingerprint density at radius 2 is 2.04 bits per heavy atom. The number of nitrogens with zero attached hydrogens (tertiary/aromatic N) is 2. The molecule has 1 fully saturated rings. The number of carbonyl (C=O) groups excluding carboxylic acids is 1. The first kappa shape index (κ1) is 15.9. The Kier molecular flexibility index (Phi) is 3.84. The van der Waals surface area contributed by atoms with Gasteiger partial charge >= 0.3 is 0 Å². The molecule has 1 aliphatic heterocycles. The third-order valence-electron chi connectivity index (χ3n) is 4.51. The molecule has 0 saturated heterocycles. The zero-order valence-electron chi connectivity index (χ0n) is 13.3. The van der Waals surface area contributed by atoms with Crippen molar-refractivity contribution < 1.29 is 14.5 Å². The number of nitro groups is 1. The molecule has 1 heterocycles. The molecule has 1 amide bonds. The number of fused-ring (bicyclic) bond motifs is 1. The Morgan fingerprint density at radius 1 is 1.24 bits per heavy atom. The molecule has 1 aliphatic carbocycles. The monoisotopic (exact) mass is 358 g/mol. The molecular formula is C18H15ClN2O4. The molecule has 7 heteroatoms. The molecule has 0 radical (unpaired) electrons. The topological polar surface area (TPSA) is 72.7 Å². The fourth-order valence-corrected chi connectivity index (χ4v) is 3.24. The maximum atomic E-state index is 12.4. The standard InChI is InChI=1S/C18H15ClN2O4/c19-14-8-12(21(23)24)6-7-17(14)25-16-3-1-2-15-13(16)9-18(22)20(15)10-11-4-5-11/h1-3,6-8,11H,4-5,9-10H2. The number of ether oxygens (including phenoxy) is 1. The van der Waals surface area contributed by atoms with Crippen molar-refractivity contribution >= 4 is 28.9 Å². The summed E-state index contributed by atoms with van der Waals surface area (Å²) in [6.07, 6.45) is 2.64. The van der Waals surface area contributed by atoms with Crippen LogP contribution in [0.25, 0.3) is 0 Å². The summed E-state index contributed by atoms with van der Waals surface area (Å²) >= 11 is 6.10. The molecule has 0 bridgehead atoms. The molecule has 0 aromatic heterocycles. The maximum Gasteiger partial charge on any atom is 0.271 e. The van der Waals surface area contributed by atoms with Crippen molar-refractivity contribution in [3.05, 3.63) is 57.1 Å². The molecule has 0 atom stereocenters. The quantitative estimate of drug-likeness (QED) is 0.588. The first-order valence-corrected chi connectivity index (χ1v) is 8.45. The third-order valence-corrected chi connectivity index (χ3v) is 4.81. The van der Waals surface area contributed by atoms with Crippen molar-refractivity contribution in [1.29, 1.82) is 0 Å². The largest absolute Gasteiger partial charge is 0.455 e. The highest BCUT2D eigenvalue weighted by atomic mass is 35.5. The number of nitro benzene ring substituents is 1. The molecule has 2 aromatic rings. The molecule has 128 valence electrons. The van der Waals surface area contributed by atoms with Gasteiger partial charge in [-0.1, -0.05) is 17.7 Å². The van der Waals surface area contributed by atoms with Gasteiger partial charge in [-0.2, -0.15) is 0 Å². The van der Waals surface area contributed by atoms with E-state index in [2.05, 4.69) is 0 Å². The van der Waals surface area contributed by atoms with Crippen molar-refractivity contribution in [2.75, 3.05) is 11.4 Å². The molecule has 2 aromatic carbocycles. The van der Waals surface area contributed by atoms with Crippen LogP contribution in [-0.4, -0.2) is 17.4 Å². The van der Waals surface area contributed by atoms with Crippen molar-refractivity contribution in [3.63, 3.8) is 0 Å². The highest BCUT2D eigenvalue weighted by molar-refractivity contribution is 6.32.